The van der Waals surface area contributed by atoms with Gasteiger partial charge < -0.3 is 4.90 Å². The molecular weight excluding hydrogens is 606 g/mol. The van der Waals surface area contributed by atoms with Crippen molar-refractivity contribution in [3.05, 3.63) is 133 Å². The first-order valence-corrected chi connectivity index (χ1v) is 16.1. The SMILES string of the molecule is CCc1ccc(C(=O)N2c3c(C)cccc3[C@@H](N(C(=O)c3sc4cc([N+](=O)[O-])ccc4c3Cl)c3ccccc3C)C[C@@H]2C)cc1. The first-order valence-electron chi connectivity index (χ1n) is 14.9. The number of nitro benzene ring substituents is 1. The van der Waals surface area contributed by atoms with E-state index >= 15 is 0 Å². The number of amides is 2. The zero-order valence-electron chi connectivity index (χ0n) is 25.4. The zero-order chi connectivity index (χ0) is 32.0. The number of para-hydroxylation sites is 2. The lowest BCUT2D eigenvalue weighted by atomic mass is 9.87. The third kappa shape index (κ3) is 5.38. The van der Waals surface area contributed by atoms with Crippen LogP contribution in [0.2, 0.25) is 5.02 Å². The molecule has 0 spiro atoms. The molecule has 0 saturated carbocycles. The molecule has 5 aromatic rings. The van der Waals surface area contributed by atoms with E-state index in [4.69, 9.17) is 11.6 Å². The Kier molecular flexibility index (Phi) is 8.20. The van der Waals surface area contributed by atoms with Gasteiger partial charge in [0.05, 0.1) is 21.7 Å². The van der Waals surface area contributed by atoms with Crippen molar-refractivity contribution in [2.24, 2.45) is 0 Å². The van der Waals surface area contributed by atoms with Gasteiger partial charge in [-0.25, -0.2) is 0 Å². The lowest BCUT2D eigenvalue weighted by Gasteiger charge is -2.44. The van der Waals surface area contributed by atoms with Crippen molar-refractivity contribution < 1.29 is 14.5 Å². The second kappa shape index (κ2) is 12.1. The molecule has 2 heterocycles. The van der Waals surface area contributed by atoms with Gasteiger partial charge in [0.1, 0.15) is 4.88 Å². The zero-order valence-corrected chi connectivity index (χ0v) is 27.0. The van der Waals surface area contributed by atoms with Gasteiger partial charge in [-0.05, 0) is 80.1 Å². The summed E-state index contributed by atoms with van der Waals surface area (Å²) in [5.74, 6) is -0.375. The molecule has 1 aliphatic heterocycles. The summed E-state index contributed by atoms with van der Waals surface area (Å²) in [6.45, 7) is 8.06. The fraction of sp³-hybridized carbons (Fsp3) is 0.222. The molecule has 0 bridgehead atoms. The summed E-state index contributed by atoms with van der Waals surface area (Å²) in [5, 5.41) is 12.3. The Hall–Kier alpha value is -4.53. The van der Waals surface area contributed by atoms with Gasteiger partial charge in [-0.3, -0.25) is 24.6 Å². The summed E-state index contributed by atoms with van der Waals surface area (Å²) < 4.78 is 0.571. The second-order valence-corrected chi connectivity index (χ2v) is 12.9. The minimum absolute atomic E-state index is 0.0604. The Balaban J connectivity index is 1.50. The van der Waals surface area contributed by atoms with Gasteiger partial charge >= 0.3 is 0 Å². The Morgan fingerprint density at radius 2 is 1.71 bits per heavy atom. The van der Waals surface area contributed by atoms with Crippen molar-refractivity contribution in [3.63, 3.8) is 0 Å². The van der Waals surface area contributed by atoms with Gasteiger partial charge in [-0.2, -0.15) is 0 Å². The van der Waals surface area contributed by atoms with Crippen molar-refractivity contribution in [2.45, 2.75) is 52.6 Å². The van der Waals surface area contributed by atoms with Crippen LogP contribution in [-0.4, -0.2) is 22.8 Å². The number of carbonyl (C=O) groups excluding carboxylic acids is 2. The third-order valence-corrected chi connectivity index (χ3v) is 10.3. The molecule has 6 rings (SSSR count). The number of rotatable bonds is 6. The maximum Gasteiger partial charge on any atom is 0.270 e. The molecule has 7 nitrogen and oxygen atoms in total. The highest BCUT2D eigenvalue weighted by molar-refractivity contribution is 7.21. The normalized spacial score (nSPS) is 16.0. The summed E-state index contributed by atoms with van der Waals surface area (Å²) in [7, 11) is 0. The van der Waals surface area contributed by atoms with E-state index in [2.05, 4.69) is 6.92 Å². The first-order chi connectivity index (χ1) is 21.6. The fourth-order valence-electron chi connectivity index (χ4n) is 6.29. The van der Waals surface area contributed by atoms with Crippen molar-refractivity contribution in [3.8, 4) is 0 Å². The summed E-state index contributed by atoms with van der Waals surface area (Å²) >= 11 is 8.00. The molecule has 0 radical (unpaired) electrons. The van der Waals surface area contributed by atoms with E-state index in [0.717, 1.165) is 51.4 Å². The topological polar surface area (TPSA) is 83.8 Å². The lowest BCUT2D eigenvalue weighted by molar-refractivity contribution is -0.384. The molecule has 0 aliphatic carbocycles. The van der Waals surface area contributed by atoms with Crippen LogP contribution in [0.1, 0.15) is 68.6 Å². The molecule has 4 aromatic carbocycles. The fourth-order valence-corrected chi connectivity index (χ4v) is 7.77. The van der Waals surface area contributed by atoms with Crippen molar-refractivity contribution in [1.82, 2.24) is 0 Å². The molecule has 1 aliphatic rings. The number of hydrogen-bond donors (Lipinski definition) is 0. The van der Waals surface area contributed by atoms with E-state index in [0.29, 0.717) is 26.9 Å². The van der Waals surface area contributed by atoms with Crippen molar-refractivity contribution in [2.75, 3.05) is 9.80 Å². The minimum atomic E-state index is -0.456. The Morgan fingerprint density at radius 3 is 2.40 bits per heavy atom. The number of anilines is 2. The van der Waals surface area contributed by atoms with Crippen LogP contribution in [0, 0.1) is 24.0 Å². The van der Waals surface area contributed by atoms with Gasteiger partial charge in [0.15, 0.2) is 0 Å². The van der Waals surface area contributed by atoms with Crippen LogP contribution < -0.4 is 9.80 Å². The molecule has 2 amide bonds. The average Bonchev–Trinajstić information content (AvgIpc) is 3.37. The molecule has 45 heavy (non-hydrogen) atoms. The summed E-state index contributed by atoms with van der Waals surface area (Å²) in [4.78, 5) is 43.8. The number of non-ortho nitro benzene ring substituents is 1. The average molecular weight is 638 g/mol. The summed E-state index contributed by atoms with van der Waals surface area (Å²) in [6, 6.07) is 25.2. The number of nitrogens with zero attached hydrogens (tertiary/aromatic N) is 3. The largest absolute Gasteiger partial charge is 0.305 e. The van der Waals surface area contributed by atoms with Gasteiger partial charge in [-0.15, -0.1) is 11.3 Å². The van der Waals surface area contributed by atoms with Crippen LogP contribution in [0.4, 0.5) is 17.1 Å². The number of fused-ring (bicyclic) bond motifs is 2. The molecule has 2 atom stereocenters. The van der Waals surface area contributed by atoms with Crippen molar-refractivity contribution >= 4 is 61.9 Å². The summed E-state index contributed by atoms with van der Waals surface area (Å²) in [5.41, 5.74) is 5.98. The number of halogens is 1. The second-order valence-electron chi connectivity index (χ2n) is 11.5. The smallest absolute Gasteiger partial charge is 0.270 e. The highest BCUT2D eigenvalue weighted by Gasteiger charge is 2.41. The number of carbonyl (C=O) groups is 2. The quantitative estimate of drug-likeness (QED) is 0.137. The molecular formula is C36H32ClN3O4S. The van der Waals surface area contributed by atoms with E-state index in [1.807, 2.05) is 92.4 Å². The predicted molar refractivity (Wildman–Crippen MR) is 182 cm³/mol. The number of thiophene rings is 1. The van der Waals surface area contributed by atoms with Crippen molar-refractivity contribution in [1.29, 1.82) is 0 Å². The van der Waals surface area contributed by atoms with Gasteiger partial charge in [0.2, 0.25) is 0 Å². The Labute approximate surface area is 270 Å². The van der Waals surface area contributed by atoms with E-state index in [1.54, 1.807) is 11.0 Å². The van der Waals surface area contributed by atoms with Gasteiger partial charge in [0, 0.05) is 39.5 Å². The number of hydrogen-bond acceptors (Lipinski definition) is 5. The van der Waals surface area contributed by atoms with E-state index in [1.165, 1.54) is 12.1 Å². The van der Waals surface area contributed by atoms with Gasteiger partial charge in [0.25, 0.3) is 17.5 Å². The van der Waals surface area contributed by atoms with Crippen LogP contribution >= 0.6 is 22.9 Å². The van der Waals surface area contributed by atoms with Crippen LogP contribution in [0.3, 0.4) is 0 Å². The third-order valence-electron chi connectivity index (χ3n) is 8.63. The predicted octanol–water partition coefficient (Wildman–Crippen LogP) is 9.47. The molecule has 0 fully saturated rings. The van der Waals surface area contributed by atoms with Crippen LogP contribution in [0.25, 0.3) is 10.1 Å². The number of benzene rings is 4. The first kappa shape index (κ1) is 30.5. The molecule has 0 saturated heterocycles. The van der Waals surface area contributed by atoms with E-state index in [-0.39, 0.29) is 28.6 Å². The number of nitro groups is 1. The molecule has 228 valence electrons. The highest BCUT2D eigenvalue weighted by Crippen LogP contribution is 2.47. The Bertz CT molecular complexity index is 1970. The number of aryl methyl sites for hydroxylation is 3. The monoisotopic (exact) mass is 637 g/mol. The van der Waals surface area contributed by atoms with Crippen LogP contribution in [0.5, 0.6) is 0 Å². The van der Waals surface area contributed by atoms with Crippen LogP contribution in [0.15, 0.2) is 84.9 Å². The molecule has 0 N–H and O–H groups in total. The Morgan fingerprint density at radius 1 is 1.00 bits per heavy atom. The minimum Gasteiger partial charge on any atom is -0.305 e. The van der Waals surface area contributed by atoms with E-state index < -0.39 is 11.0 Å². The maximum atomic E-state index is 14.7. The highest BCUT2D eigenvalue weighted by atomic mass is 35.5. The summed E-state index contributed by atoms with van der Waals surface area (Å²) in [6.07, 6.45) is 1.38. The van der Waals surface area contributed by atoms with E-state index in [9.17, 15) is 19.7 Å². The maximum absolute atomic E-state index is 14.7. The van der Waals surface area contributed by atoms with Crippen LogP contribution in [-0.2, 0) is 6.42 Å². The molecule has 9 heteroatoms. The lowest BCUT2D eigenvalue weighted by Crippen LogP contribution is -2.48. The standard InChI is InChI=1S/C36H32ClN3O4S/c1-5-24-13-15-25(16-14-24)35(41)38-23(4)19-30(27-11-8-10-22(3)33(27)38)39(29-12-7-6-9-21(29)2)36(42)34-32(37)28-18-17-26(40(43)44)20-31(28)45-34/h6-18,20,23,30H,5,19H2,1-4H3/t23-,30-/m0/s1. The van der Waals surface area contributed by atoms with Gasteiger partial charge in [-0.1, -0.05) is 67.1 Å². The molecule has 0 unspecified atom stereocenters. The molecule has 1 aromatic heterocycles.